The molecule has 1 aromatic carbocycles. The smallest absolute Gasteiger partial charge is 0.245 e. The molecule has 0 radical (unpaired) electrons. The summed E-state index contributed by atoms with van der Waals surface area (Å²) in [7, 11) is 1.61. The molecule has 2 amide bonds. The number of hydrogen-bond acceptors (Lipinski definition) is 7. The number of aromatic nitrogens is 1. The molecule has 2 aromatic rings. The third kappa shape index (κ3) is 5.65. The Kier molecular flexibility index (Phi) is 6.90. The predicted octanol–water partition coefficient (Wildman–Crippen LogP) is 3.57. The quantitative estimate of drug-likeness (QED) is 0.661. The molecular formula is C24H31N3O5S. The summed E-state index contributed by atoms with van der Waals surface area (Å²) in [6.45, 7) is 7.98. The summed E-state index contributed by atoms with van der Waals surface area (Å²) in [6.07, 6.45) is 1.20. The lowest BCUT2D eigenvalue weighted by Crippen LogP contribution is -2.34. The van der Waals surface area contributed by atoms with Crippen molar-refractivity contribution < 1.29 is 23.8 Å². The van der Waals surface area contributed by atoms with Crippen molar-refractivity contribution in [3.05, 3.63) is 34.8 Å². The van der Waals surface area contributed by atoms with Gasteiger partial charge in [0.25, 0.3) is 0 Å². The largest absolute Gasteiger partial charge is 0.493 e. The molecular weight excluding hydrogens is 442 g/mol. The van der Waals surface area contributed by atoms with Crippen LogP contribution in [0.15, 0.2) is 23.6 Å². The summed E-state index contributed by atoms with van der Waals surface area (Å²) >= 11 is 1.40. The maximum atomic E-state index is 12.6. The van der Waals surface area contributed by atoms with Crippen molar-refractivity contribution in [2.45, 2.75) is 51.0 Å². The van der Waals surface area contributed by atoms with Gasteiger partial charge in [0.05, 0.1) is 32.6 Å². The maximum absolute atomic E-state index is 12.6. The number of benzene rings is 1. The van der Waals surface area contributed by atoms with Crippen LogP contribution in [0.4, 0.5) is 5.13 Å². The summed E-state index contributed by atoms with van der Waals surface area (Å²) in [4.78, 5) is 31.3. The first-order chi connectivity index (χ1) is 15.7. The number of carbonyl (C=O) groups excluding carboxylic acids is 2. The van der Waals surface area contributed by atoms with Gasteiger partial charge in [-0.2, -0.15) is 0 Å². The van der Waals surface area contributed by atoms with E-state index in [9.17, 15) is 9.59 Å². The molecule has 1 aromatic heterocycles. The predicted molar refractivity (Wildman–Crippen MR) is 126 cm³/mol. The molecule has 0 spiro atoms. The first kappa shape index (κ1) is 23.5. The van der Waals surface area contributed by atoms with Crippen molar-refractivity contribution in [2.75, 3.05) is 38.7 Å². The first-order valence-electron chi connectivity index (χ1n) is 11.2. The monoisotopic (exact) mass is 473 g/mol. The molecule has 3 heterocycles. The van der Waals surface area contributed by atoms with Crippen LogP contribution >= 0.6 is 11.3 Å². The van der Waals surface area contributed by atoms with Crippen LogP contribution in [0.1, 0.15) is 50.8 Å². The van der Waals surface area contributed by atoms with E-state index in [0.29, 0.717) is 42.8 Å². The number of anilines is 1. The molecule has 2 fully saturated rings. The molecule has 0 saturated carbocycles. The second-order valence-electron chi connectivity index (χ2n) is 9.53. The SMILES string of the molecule is COc1ccc([C@@H]2CC(=O)N(CC(=O)Nc3nc(C(C)(C)C)cs3)C2)cc1O[C@@H]1CCOC1. The highest BCUT2D eigenvalue weighted by Crippen LogP contribution is 2.36. The number of carbonyl (C=O) groups is 2. The van der Waals surface area contributed by atoms with E-state index in [1.165, 1.54) is 11.3 Å². The van der Waals surface area contributed by atoms with Crippen LogP contribution in [0, 0.1) is 0 Å². The van der Waals surface area contributed by atoms with Gasteiger partial charge in [-0.05, 0) is 17.7 Å². The summed E-state index contributed by atoms with van der Waals surface area (Å²) < 4.78 is 16.9. The second-order valence-corrected chi connectivity index (χ2v) is 10.4. The van der Waals surface area contributed by atoms with E-state index in [1.807, 2.05) is 23.6 Å². The molecule has 2 aliphatic heterocycles. The molecule has 2 aliphatic rings. The maximum Gasteiger partial charge on any atom is 0.245 e. The zero-order chi connectivity index (χ0) is 23.6. The van der Waals surface area contributed by atoms with Gasteiger partial charge < -0.3 is 24.4 Å². The third-order valence-corrected chi connectivity index (χ3v) is 6.67. The summed E-state index contributed by atoms with van der Waals surface area (Å²) in [5.41, 5.74) is 1.85. The van der Waals surface area contributed by atoms with Gasteiger partial charge in [-0.15, -0.1) is 11.3 Å². The van der Waals surface area contributed by atoms with Crippen LogP contribution in [0.2, 0.25) is 0 Å². The minimum absolute atomic E-state index is 0.00390. The second kappa shape index (κ2) is 9.69. The van der Waals surface area contributed by atoms with Gasteiger partial charge >= 0.3 is 0 Å². The lowest BCUT2D eigenvalue weighted by molar-refractivity contribution is -0.131. The van der Waals surface area contributed by atoms with E-state index in [-0.39, 0.29) is 35.8 Å². The molecule has 2 atom stereocenters. The van der Waals surface area contributed by atoms with Crippen molar-refractivity contribution in [3.8, 4) is 11.5 Å². The number of ether oxygens (including phenoxy) is 3. The Hall–Kier alpha value is -2.65. The fraction of sp³-hybridized carbons (Fsp3) is 0.542. The zero-order valence-corrected chi connectivity index (χ0v) is 20.4. The van der Waals surface area contributed by atoms with Crippen LogP contribution in [0.3, 0.4) is 0 Å². The molecule has 8 nitrogen and oxygen atoms in total. The fourth-order valence-electron chi connectivity index (χ4n) is 3.98. The van der Waals surface area contributed by atoms with Crippen LogP contribution in [0.5, 0.6) is 11.5 Å². The van der Waals surface area contributed by atoms with Crippen LogP contribution in [-0.4, -0.2) is 61.2 Å². The number of methoxy groups -OCH3 is 1. The van der Waals surface area contributed by atoms with Crippen molar-refractivity contribution in [1.82, 2.24) is 9.88 Å². The average Bonchev–Trinajstić information content (AvgIpc) is 3.50. The van der Waals surface area contributed by atoms with Gasteiger partial charge in [-0.25, -0.2) is 4.98 Å². The van der Waals surface area contributed by atoms with Gasteiger partial charge in [-0.3, -0.25) is 9.59 Å². The van der Waals surface area contributed by atoms with Crippen molar-refractivity contribution in [1.29, 1.82) is 0 Å². The lowest BCUT2D eigenvalue weighted by atomic mass is 9.93. The Balaban J connectivity index is 1.38. The normalized spacial score (nSPS) is 20.8. The number of rotatable bonds is 7. The number of nitrogens with one attached hydrogen (secondary N) is 1. The molecule has 33 heavy (non-hydrogen) atoms. The van der Waals surface area contributed by atoms with E-state index >= 15 is 0 Å². The molecule has 4 rings (SSSR count). The number of nitrogens with zero attached hydrogens (tertiary/aromatic N) is 2. The van der Waals surface area contributed by atoms with Crippen molar-refractivity contribution in [2.24, 2.45) is 0 Å². The lowest BCUT2D eigenvalue weighted by Gasteiger charge is -2.19. The van der Waals surface area contributed by atoms with Gasteiger partial charge in [-0.1, -0.05) is 26.8 Å². The van der Waals surface area contributed by atoms with Crippen LogP contribution in [-0.2, 0) is 19.7 Å². The van der Waals surface area contributed by atoms with Crippen molar-refractivity contribution >= 4 is 28.3 Å². The zero-order valence-electron chi connectivity index (χ0n) is 19.6. The Labute approximate surface area is 198 Å². The summed E-state index contributed by atoms with van der Waals surface area (Å²) in [5.74, 6) is 1.04. The third-order valence-electron chi connectivity index (χ3n) is 5.91. The van der Waals surface area contributed by atoms with Gasteiger partial charge in [0.2, 0.25) is 11.8 Å². The molecule has 178 valence electrons. The highest BCUT2D eigenvalue weighted by Gasteiger charge is 2.33. The topological polar surface area (TPSA) is 90.0 Å². The standard InChI is InChI=1S/C24H31N3O5S/c1-24(2,3)20-14-33-23(25-20)26-21(28)12-27-11-16(10-22(27)29)15-5-6-18(30-4)19(9-15)32-17-7-8-31-13-17/h5-6,9,14,16-17H,7-8,10-13H2,1-4H3,(H,25,26,28)/t16-,17-/m1/s1. The minimum Gasteiger partial charge on any atom is -0.493 e. The molecule has 0 bridgehead atoms. The van der Waals surface area contributed by atoms with E-state index in [1.54, 1.807) is 12.0 Å². The van der Waals surface area contributed by atoms with Crippen LogP contribution in [0.25, 0.3) is 0 Å². The Morgan fingerprint density at radius 1 is 1.33 bits per heavy atom. The Morgan fingerprint density at radius 2 is 2.15 bits per heavy atom. The summed E-state index contributed by atoms with van der Waals surface area (Å²) in [6, 6.07) is 5.78. The fourth-order valence-corrected chi connectivity index (χ4v) is 4.93. The molecule has 9 heteroatoms. The molecule has 1 N–H and O–H groups in total. The van der Waals surface area contributed by atoms with E-state index < -0.39 is 0 Å². The Morgan fingerprint density at radius 3 is 2.82 bits per heavy atom. The highest BCUT2D eigenvalue weighted by molar-refractivity contribution is 7.13. The summed E-state index contributed by atoms with van der Waals surface area (Å²) in [5, 5.41) is 5.34. The number of amides is 2. The van der Waals surface area contributed by atoms with E-state index in [4.69, 9.17) is 14.2 Å². The minimum atomic E-state index is -0.237. The Bertz CT molecular complexity index is 1010. The van der Waals surface area contributed by atoms with E-state index in [0.717, 1.165) is 17.7 Å². The first-order valence-corrected chi connectivity index (χ1v) is 12.1. The number of likely N-dealkylation sites (tertiary alicyclic amines) is 1. The molecule has 2 saturated heterocycles. The van der Waals surface area contributed by atoms with Crippen molar-refractivity contribution in [3.63, 3.8) is 0 Å². The van der Waals surface area contributed by atoms with Gasteiger partial charge in [0.1, 0.15) is 6.10 Å². The van der Waals surface area contributed by atoms with Gasteiger partial charge in [0.15, 0.2) is 16.6 Å². The molecule has 0 unspecified atom stereocenters. The number of thiazole rings is 1. The van der Waals surface area contributed by atoms with E-state index in [2.05, 4.69) is 31.1 Å². The average molecular weight is 474 g/mol. The van der Waals surface area contributed by atoms with Gasteiger partial charge in [0, 0.05) is 36.1 Å². The number of hydrogen-bond donors (Lipinski definition) is 1. The highest BCUT2D eigenvalue weighted by atomic mass is 32.1. The van der Waals surface area contributed by atoms with Crippen LogP contribution < -0.4 is 14.8 Å². The molecule has 0 aliphatic carbocycles.